The Labute approximate surface area is 68.8 Å². The summed E-state index contributed by atoms with van der Waals surface area (Å²) in [5, 5.41) is 9.81. The standard InChI is InChI=1S/C10H18O/c1-9(2)7-4-5-10(9,3)8(11)6-7/h7-8,11H,4-6H2,1-3H3/t7?,8-,10?/m1/s1. The fraction of sp³-hybridized carbons (Fsp3) is 1.00. The van der Waals surface area contributed by atoms with E-state index in [1.54, 1.807) is 0 Å². The molecule has 0 aromatic rings. The van der Waals surface area contributed by atoms with Gasteiger partial charge < -0.3 is 5.11 Å². The van der Waals surface area contributed by atoms with Crippen LogP contribution in [0, 0.1) is 16.7 Å². The van der Waals surface area contributed by atoms with Crippen LogP contribution in [0.5, 0.6) is 0 Å². The molecule has 1 nitrogen and oxygen atoms in total. The molecule has 2 aliphatic rings. The highest BCUT2D eigenvalue weighted by Gasteiger charge is 2.60. The highest BCUT2D eigenvalue weighted by atomic mass is 16.3. The van der Waals surface area contributed by atoms with Crippen molar-refractivity contribution >= 4 is 0 Å². The van der Waals surface area contributed by atoms with Gasteiger partial charge in [-0.25, -0.2) is 0 Å². The second-order valence-corrected chi connectivity index (χ2v) is 5.13. The highest BCUT2D eigenvalue weighted by Crippen LogP contribution is 2.65. The molecule has 0 aliphatic heterocycles. The molecule has 0 aromatic heterocycles. The topological polar surface area (TPSA) is 20.2 Å². The molecule has 11 heavy (non-hydrogen) atoms. The van der Waals surface area contributed by atoms with Gasteiger partial charge in [-0.1, -0.05) is 20.8 Å². The van der Waals surface area contributed by atoms with Gasteiger partial charge in [-0.15, -0.1) is 0 Å². The Hall–Kier alpha value is -0.0400. The van der Waals surface area contributed by atoms with Crippen LogP contribution in [0.15, 0.2) is 0 Å². The van der Waals surface area contributed by atoms with Crippen molar-refractivity contribution < 1.29 is 5.11 Å². The predicted molar refractivity (Wildman–Crippen MR) is 45.2 cm³/mol. The Kier molecular flexibility index (Phi) is 1.26. The highest BCUT2D eigenvalue weighted by molar-refractivity contribution is 5.10. The zero-order valence-corrected chi connectivity index (χ0v) is 7.72. The van der Waals surface area contributed by atoms with Crippen LogP contribution < -0.4 is 0 Å². The van der Waals surface area contributed by atoms with Crippen molar-refractivity contribution in [3.8, 4) is 0 Å². The lowest BCUT2D eigenvalue weighted by Crippen LogP contribution is -2.35. The summed E-state index contributed by atoms with van der Waals surface area (Å²) < 4.78 is 0. The number of fused-ring (bicyclic) bond motifs is 2. The van der Waals surface area contributed by atoms with Gasteiger partial charge in [0.25, 0.3) is 0 Å². The molecule has 0 heterocycles. The summed E-state index contributed by atoms with van der Waals surface area (Å²) in [6.07, 6.45) is 3.58. The maximum Gasteiger partial charge on any atom is 0.0601 e. The van der Waals surface area contributed by atoms with E-state index in [0.29, 0.717) is 5.41 Å². The number of hydrogen-bond donors (Lipinski definition) is 1. The van der Waals surface area contributed by atoms with Crippen molar-refractivity contribution in [3.05, 3.63) is 0 Å². The van der Waals surface area contributed by atoms with Crippen molar-refractivity contribution in [2.24, 2.45) is 16.7 Å². The molecule has 64 valence electrons. The molecule has 0 amide bonds. The molecule has 0 spiro atoms. The minimum Gasteiger partial charge on any atom is -0.393 e. The van der Waals surface area contributed by atoms with Crippen LogP contribution in [0.4, 0.5) is 0 Å². The van der Waals surface area contributed by atoms with Crippen LogP contribution in [0.25, 0.3) is 0 Å². The minimum absolute atomic E-state index is 0.0313. The molecule has 2 unspecified atom stereocenters. The molecule has 0 aromatic carbocycles. The van der Waals surface area contributed by atoms with Crippen LogP contribution in [0.2, 0.25) is 0 Å². The first kappa shape index (κ1) is 7.60. The van der Waals surface area contributed by atoms with Crippen molar-refractivity contribution in [1.29, 1.82) is 0 Å². The van der Waals surface area contributed by atoms with E-state index in [4.69, 9.17) is 0 Å². The average Bonchev–Trinajstić information content (AvgIpc) is 2.20. The molecule has 3 atom stereocenters. The summed E-state index contributed by atoms with van der Waals surface area (Å²) in [6.45, 7) is 6.90. The van der Waals surface area contributed by atoms with Crippen molar-refractivity contribution in [3.63, 3.8) is 0 Å². The largest absolute Gasteiger partial charge is 0.393 e. The van der Waals surface area contributed by atoms with Gasteiger partial charge in [0.1, 0.15) is 0 Å². The predicted octanol–water partition coefficient (Wildman–Crippen LogP) is 2.19. The summed E-state index contributed by atoms with van der Waals surface area (Å²) in [4.78, 5) is 0. The lowest BCUT2D eigenvalue weighted by atomic mass is 9.70. The molecule has 2 aliphatic carbocycles. The second kappa shape index (κ2) is 1.82. The third-order valence-electron chi connectivity index (χ3n) is 4.75. The third kappa shape index (κ3) is 0.658. The van der Waals surface area contributed by atoms with Crippen molar-refractivity contribution in [1.82, 2.24) is 0 Å². The van der Waals surface area contributed by atoms with Crippen LogP contribution in [-0.4, -0.2) is 11.2 Å². The maximum atomic E-state index is 9.81. The van der Waals surface area contributed by atoms with Gasteiger partial charge in [-0.3, -0.25) is 0 Å². The summed E-state index contributed by atoms with van der Waals surface area (Å²) in [6, 6.07) is 0. The molecule has 2 saturated carbocycles. The normalized spacial score (nSPS) is 53.5. The Balaban J connectivity index is 2.40. The van der Waals surface area contributed by atoms with Gasteiger partial charge in [0, 0.05) is 0 Å². The molecule has 0 radical (unpaired) electrons. The Bertz CT molecular complexity index is 185. The number of aliphatic hydroxyl groups excluding tert-OH is 1. The number of aliphatic hydroxyl groups is 1. The summed E-state index contributed by atoms with van der Waals surface area (Å²) in [5.41, 5.74) is 0.601. The van der Waals surface area contributed by atoms with Gasteiger partial charge in [-0.05, 0) is 36.0 Å². The Morgan fingerprint density at radius 3 is 2.09 bits per heavy atom. The molecular formula is C10H18O. The second-order valence-electron chi connectivity index (χ2n) is 5.13. The first-order valence-electron chi connectivity index (χ1n) is 4.66. The minimum atomic E-state index is -0.0313. The van der Waals surface area contributed by atoms with E-state index in [9.17, 15) is 5.11 Å². The zero-order chi connectivity index (χ0) is 8.28. The first-order valence-corrected chi connectivity index (χ1v) is 4.66. The quantitative estimate of drug-likeness (QED) is 0.567. The van der Waals surface area contributed by atoms with Crippen LogP contribution in [0.1, 0.15) is 40.0 Å². The van der Waals surface area contributed by atoms with E-state index in [1.165, 1.54) is 12.8 Å². The molecule has 2 rings (SSSR count). The Morgan fingerprint density at radius 2 is 1.91 bits per heavy atom. The maximum absolute atomic E-state index is 9.81. The van der Waals surface area contributed by atoms with Gasteiger partial charge in [0.05, 0.1) is 6.10 Å². The van der Waals surface area contributed by atoms with Crippen molar-refractivity contribution in [2.75, 3.05) is 0 Å². The molecule has 1 heteroatoms. The number of hydrogen-bond acceptors (Lipinski definition) is 1. The summed E-state index contributed by atoms with van der Waals surface area (Å²) >= 11 is 0. The third-order valence-corrected chi connectivity index (χ3v) is 4.75. The van der Waals surface area contributed by atoms with Gasteiger partial charge in [0.2, 0.25) is 0 Å². The first-order chi connectivity index (χ1) is 4.98. The summed E-state index contributed by atoms with van der Waals surface area (Å²) in [7, 11) is 0. The van der Waals surface area contributed by atoms with E-state index < -0.39 is 0 Å². The lowest BCUT2D eigenvalue weighted by Gasteiger charge is -2.36. The molecular weight excluding hydrogens is 136 g/mol. The average molecular weight is 154 g/mol. The van der Waals surface area contributed by atoms with E-state index in [-0.39, 0.29) is 11.5 Å². The molecule has 2 fully saturated rings. The lowest BCUT2D eigenvalue weighted by molar-refractivity contribution is 0.0126. The molecule has 0 saturated heterocycles. The van der Waals surface area contributed by atoms with Crippen LogP contribution in [0.3, 0.4) is 0 Å². The summed E-state index contributed by atoms with van der Waals surface area (Å²) in [5.74, 6) is 0.780. The fourth-order valence-electron chi connectivity index (χ4n) is 3.16. The van der Waals surface area contributed by atoms with Crippen molar-refractivity contribution in [2.45, 2.75) is 46.1 Å². The van der Waals surface area contributed by atoms with E-state index in [1.807, 2.05) is 0 Å². The van der Waals surface area contributed by atoms with Gasteiger partial charge >= 0.3 is 0 Å². The monoisotopic (exact) mass is 154 g/mol. The van der Waals surface area contributed by atoms with E-state index in [2.05, 4.69) is 20.8 Å². The Morgan fingerprint density at radius 1 is 1.27 bits per heavy atom. The molecule has 2 bridgehead atoms. The fourth-order valence-corrected chi connectivity index (χ4v) is 3.16. The van der Waals surface area contributed by atoms with Gasteiger partial charge in [0.15, 0.2) is 0 Å². The van der Waals surface area contributed by atoms with Crippen LogP contribution >= 0.6 is 0 Å². The SMILES string of the molecule is CC1(C)C2CCC1(C)[C@H](O)C2. The zero-order valence-electron chi connectivity index (χ0n) is 7.72. The van der Waals surface area contributed by atoms with E-state index >= 15 is 0 Å². The van der Waals surface area contributed by atoms with Gasteiger partial charge in [-0.2, -0.15) is 0 Å². The van der Waals surface area contributed by atoms with Crippen LogP contribution in [-0.2, 0) is 0 Å². The number of rotatable bonds is 0. The van der Waals surface area contributed by atoms with E-state index in [0.717, 1.165) is 12.3 Å². The smallest absolute Gasteiger partial charge is 0.0601 e. The molecule has 1 N–H and O–H groups in total.